The van der Waals surface area contributed by atoms with E-state index >= 15 is 0 Å². The van der Waals surface area contributed by atoms with Crippen LogP contribution in [0.3, 0.4) is 0 Å². The van der Waals surface area contributed by atoms with Crippen LogP contribution in [0.5, 0.6) is 0 Å². The van der Waals surface area contributed by atoms with E-state index < -0.39 is 4.92 Å². The predicted molar refractivity (Wildman–Crippen MR) is 73.0 cm³/mol. The van der Waals surface area contributed by atoms with Gasteiger partial charge in [0.2, 0.25) is 0 Å². The summed E-state index contributed by atoms with van der Waals surface area (Å²) < 4.78 is 5.48. The van der Waals surface area contributed by atoms with Crippen LogP contribution in [0.2, 0.25) is 0 Å². The van der Waals surface area contributed by atoms with Crippen molar-refractivity contribution in [3.63, 3.8) is 0 Å². The molecular formula is C13H15N3O3. The zero-order valence-electron chi connectivity index (χ0n) is 10.7. The number of furan rings is 1. The normalized spacial score (nSPS) is 12.1. The minimum atomic E-state index is -0.488. The Morgan fingerprint density at radius 3 is 2.68 bits per heavy atom. The molecule has 0 fully saturated rings. The Kier molecular flexibility index (Phi) is 3.41. The van der Waals surface area contributed by atoms with Crippen molar-refractivity contribution < 1.29 is 9.34 Å². The third-order valence-electron chi connectivity index (χ3n) is 2.81. The van der Waals surface area contributed by atoms with E-state index in [1.807, 2.05) is 26.0 Å². The number of nitrogens with two attached hydrogens (primary N) is 1. The lowest BCUT2D eigenvalue weighted by molar-refractivity contribution is -0.383. The van der Waals surface area contributed by atoms with Gasteiger partial charge in [-0.25, -0.2) is 0 Å². The van der Waals surface area contributed by atoms with E-state index in [1.54, 1.807) is 12.1 Å². The Bertz CT molecular complexity index is 607. The Morgan fingerprint density at radius 1 is 1.37 bits per heavy atom. The highest BCUT2D eigenvalue weighted by Crippen LogP contribution is 2.33. The van der Waals surface area contributed by atoms with Gasteiger partial charge in [0.1, 0.15) is 22.9 Å². The molecule has 0 amide bonds. The minimum Gasteiger partial charge on any atom is -0.464 e. The molecule has 0 aliphatic carbocycles. The SMILES string of the molecule is Cc1ccc(C(C)Nc2cccc(N)c2[N+](=O)[O-])o1. The molecule has 1 heterocycles. The second kappa shape index (κ2) is 5.01. The summed E-state index contributed by atoms with van der Waals surface area (Å²) in [6.45, 7) is 3.71. The number of hydrogen-bond acceptors (Lipinski definition) is 5. The fourth-order valence-corrected chi connectivity index (χ4v) is 1.87. The van der Waals surface area contributed by atoms with Crippen LogP contribution in [-0.4, -0.2) is 4.92 Å². The van der Waals surface area contributed by atoms with Crippen molar-refractivity contribution >= 4 is 17.1 Å². The first kappa shape index (κ1) is 12.9. The molecule has 0 saturated carbocycles. The van der Waals surface area contributed by atoms with E-state index in [2.05, 4.69) is 5.32 Å². The first-order valence-electron chi connectivity index (χ1n) is 5.85. The molecular weight excluding hydrogens is 246 g/mol. The molecule has 1 unspecified atom stereocenters. The van der Waals surface area contributed by atoms with Crippen molar-refractivity contribution in [1.82, 2.24) is 0 Å². The molecule has 3 N–H and O–H groups in total. The van der Waals surface area contributed by atoms with Crippen LogP contribution in [0.1, 0.15) is 24.5 Å². The fourth-order valence-electron chi connectivity index (χ4n) is 1.87. The highest BCUT2D eigenvalue weighted by Gasteiger charge is 2.20. The van der Waals surface area contributed by atoms with Gasteiger partial charge in [-0.05, 0) is 38.1 Å². The number of nitro benzene ring substituents is 1. The Morgan fingerprint density at radius 2 is 2.11 bits per heavy atom. The van der Waals surface area contributed by atoms with Gasteiger partial charge in [-0.1, -0.05) is 6.07 Å². The number of rotatable bonds is 4. The first-order valence-corrected chi connectivity index (χ1v) is 5.85. The maximum atomic E-state index is 11.0. The van der Waals surface area contributed by atoms with Gasteiger partial charge in [-0.2, -0.15) is 0 Å². The molecule has 2 rings (SSSR count). The number of aryl methyl sites for hydroxylation is 1. The van der Waals surface area contributed by atoms with Gasteiger partial charge < -0.3 is 15.5 Å². The summed E-state index contributed by atoms with van der Waals surface area (Å²) in [6.07, 6.45) is 0. The van der Waals surface area contributed by atoms with Crippen molar-refractivity contribution in [2.75, 3.05) is 11.1 Å². The van der Waals surface area contributed by atoms with Crippen molar-refractivity contribution in [3.05, 3.63) is 52.0 Å². The Hall–Kier alpha value is -2.50. The molecule has 19 heavy (non-hydrogen) atoms. The number of hydrogen-bond donors (Lipinski definition) is 2. The average molecular weight is 261 g/mol. The summed E-state index contributed by atoms with van der Waals surface area (Å²) in [4.78, 5) is 10.5. The third kappa shape index (κ3) is 2.67. The lowest BCUT2D eigenvalue weighted by Gasteiger charge is -2.13. The number of nitrogens with zero attached hydrogens (tertiary/aromatic N) is 1. The van der Waals surface area contributed by atoms with Crippen molar-refractivity contribution in [2.24, 2.45) is 0 Å². The molecule has 100 valence electrons. The van der Waals surface area contributed by atoms with E-state index in [9.17, 15) is 10.1 Å². The fraction of sp³-hybridized carbons (Fsp3) is 0.231. The molecule has 1 aromatic heterocycles. The second-order valence-corrected chi connectivity index (χ2v) is 4.31. The molecule has 1 aromatic carbocycles. The van der Waals surface area contributed by atoms with Crippen LogP contribution >= 0.6 is 0 Å². The van der Waals surface area contributed by atoms with Crippen molar-refractivity contribution in [3.8, 4) is 0 Å². The smallest absolute Gasteiger partial charge is 0.314 e. The van der Waals surface area contributed by atoms with Gasteiger partial charge >= 0.3 is 5.69 Å². The minimum absolute atomic E-state index is 0.113. The molecule has 0 aliphatic rings. The highest BCUT2D eigenvalue weighted by molar-refractivity contribution is 5.74. The topological polar surface area (TPSA) is 94.3 Å². The third-order valence-corrected chi connectivity index (χ3v) is 2.81. The van der Waals surface area contributed by atoms with Crippen LogP contribution < -0.4 is 11.1 Å². The number of benzene rings is 1. The maximum Gasteiger partial charge on any atom is 0.314 e. The first-order chi connectivity index (χ1) is 8.99. The molecule has 0 aliphatic heterocycles. The van der Waals surface area contributed by atoms with Crippen LogP contribution in [-0.2, 0) is 0 Å². The van der Waals surface area contributed by atoms with E-state index in [0.29, 0.717) is 11.4 Å². The number of nitrogens with one attached hydrogen (secondary N) is 1. The number of nitro groups is 1. The monoisotopic (exact) mass is 261 g/mol. The molecule has 0 saturated heterocycles. The van der Waals surface area contributed by atoms with Crippen LogP contribution in [0.25, 0.3) is 0 Å². The van der Waals surface area contributed by atoms with E-state index in [1.165, 1.54) is 6.07 Å². The highest BCUT2D eigenvalue weighted by atomic mass is 16.6. The average Bonchev–Trinajstić information content (AvgIpc) is 2.75. The van der Waals surface area contributed by atoms with Crippen LogP contribution in [0.4, 0.5) is 17.1 Å². The van der Waals surface area contributed by atoms with Gasteiger partial charge in [0.15, 0.2) is 0 Å². The quantitative estimate of drug-likeness (QED) is 0.500. The zero-order valence-corrected chi connectivity index (χ0v) is 10.7. The molecule has 0 bridgehead atoms. The van der Waals surface area contributed by atoms with Gasteiger partial charge in [0.05, 0.1) is 11.0 Å². The predicted octanol–water partition coefficient (Wildman–Crippen LogP) is 3.25. The second-order valence-electron chi connectivity index (χ2n) is 4.31. The van der Waals surface area contributed by atoms with Gasteiger partial charge in [-0.15, -0.1) is 0 Å². The number of nitrogen functional groups attached to an aromatic ring is 1. The van der Waals surface area contributed by atoms with Gasteiger partial charge in [0, 0.05) is 0 Å². The Labute approximate surface area is 110 Å². The summed E-state index contributed by atoms with van der Waals surface area (Å²) in [5.74, 6) is 1.51. The van der Waals surface area contributed by atoms with Crippen LogP contribution in [0, 0.1) is 17.0 Å². The van der Waals surface area contributed by atoms with E-state index in [0.717, 1.165) is 5.76 Å². The van der Waals surface area contributed by atoms with E-state index in [4.69, 9.17) is 10.2 Å². The largest absolute Gasteiger partial charge is 0.464 e. The molecule has 2 aromatic rings. The summed E-state index contributed by atoms with van der Waals surface area (Å²) in [6, 6.07) is 8.30. The van der Waals surface area contributed by atoms with Gasteiger partial charge in [-0.3, -0.25) is 10.1 Å². The van der Waals surface area contributed by atoms with Crippen molar-refractivity contribution in [1.29, 1.82) is 0 Å². The number of para-hydroxylation sites is 1. The van der Waals surface area contributed by atoms with Gasteiger partial charge in [0.25, 0.3) is 0 Å². The summed E-state index contributed by atoms with van der Waals surface area (Å²) in [5, 5.41) is 14.1. The lowest BCUT2D eigenvalue weighted by atomic mass is 10.2. The Balaban J connectivity index is 2.28. The van der Waals surface area contributed by atoms with Crippen LogP contribution in [0.15, 0.2) is 34.7 Å². The lowest BCUT2D eigenvalue weighted by Crippen LogP contribution is -2.08. The number of anilines is 2. The molecule has 6 heteroatoms. The molecule has 0 spiro atoms. The summed E-state index contributed by atoms with van der Waals surface area (Å²) in [7, 11) is 0. The molecule has 0 radical (unpaired) electrons. The maximum absolute atomic E-state index is 11.0. The zero-order chi connectivity index (χ0) is 14.0. The summed E-state index contributed by atoms with van der Waals surface area (Å²) >= 11 is 0. The molecule has 6 nitrogen and oxygen atoms in total. The summed E-state index contributed by atoms with van der Waals surface area (Å²) in [5.41, 5.74) is 6.04. The van der Waals surface area contributed by atoms with E-state index in [-0.39, 0.29) is 17.4 Å². The molecule has 1 atom stereocenters. The van der Waals surface area contributed by atoms with Crippen molar-refractivity contribution in [2.45, 2.75) is 19.9 Å². The standard InChI is InChI=1S/C13H15N3O3/c1-8-6-7-12(19-8)9(2)15-11-5-3-4-10(14)13(11)16(17)18/h3-7,9,15H,14H2,1-2H3.